The van der Waals surface area contributed by atoms with E-state index >= 15 is 0 Å². The standard InChI is InChI=1S/C23H27ClN2O6S/c1-16-6-3-4-7-18(16)14-26(2)22(27)15-32-23(28)17-9-10-20(24)21(12-17)33(29,30)25-13-19-8-5-11-31-19/h3-4,6-7,9-10,12,19,25H,5,8,11,13-15H2,1-2H3. The minimum absolute atomic E-state index is 0.0220. The molecule has 0 saturated carbocycles. The molecule has 0 aromatic heterocycles. The zero-order valence-corrected chi connectivity index (χ0v) is 20.1. The third-order valence-electron chi connectivity index (χ3n) is 5.40. The van der Waals surface area contributed by atoms with Crippen LogP contribution in [0.2, 0.25) is 5.02 Å². The number of carbonyl (C=O) groups is 2. The average Bonchev–Trinajstić information content (AvgIpc) is 3.31. The van der Waals surface area contributed by atoms with Crippen LogP contribution in [0.15, 0.2) is 47.4 Å². The van der Waals surface area contributed by atoms with Gasteiger partial charge in [-0.15, -0.1) is 0 Å². The summed E-state index contributed by atoms with van der Waals surface area (Å²) in [5.74, 6) is -1.20. The number of esters is 1. The summed E-state index contributed by atoms with van der Waals surface area (Å²) in [5.41, 5.74) is 2.02. The second-order valence-corrected chi connectivity index (χ2v) is 10.0. The Hall–Kier alpha value is -2.46. The molecule has 0 bridgehead atoms. The highest BCUT2D eigenvalue weighted by Gasteiger charge is 2.24. The lowest BCUT2D eigenvalue weighted by atomic mass is 10.1. The highest BCUT2D eigenvalue weighted by atomic mass is 35.5. The quantitative estimate of drug-likeness (QED) is 0.538. The number of nitrogens with zero attached hydrogens (tertiary/aromatic N) is 1. The number of halogens is 1. The monoisotopic (exact) mass is 494 g/mol. The molecule has 3 rings (SSSR count). The number of benzene rings is 2. The molecular formula is C23H27ClN2O6S. The number of amides is 1. The van der Waals surface area contributed by atoms with Crippen LogP contribution < -0.4 is 4.72 Å². The molecule has 1 atom stereocenters. The summed E-state index contributed by atoms with van der Waals surface area (Å²) in [4.78, 5) is 26.1. The third-order valence-corrected chi connectivity index (χ3v) is 7.31. The van der Waals surface area contributed by atoms with Crippen LogP contribution in [0.5, 0.6) is 0 Å². The van der Waals surface area contributed by atoms with Crippen LogP contribution in [-0.4, -0.2) is 58.1 Å². The molecule has 0 aliphatic carbocycles. The number of carbonyl (C=O) groups excluding carboxylic acids is 2. The van der Waals surface area contributed by atoms with Crippen molar-refractivity contribution < 1.29 is 27.5 Å². The summed E-state index contributed by atoms with van der Waals surface area (Å²) in [5, 5.41) is -0.0274. The molecule has 1 N–H and O–H groups in total. The van der Waals surface area contributed by atoms with E-state index in [2.05, 4.69) is 4.72 Å². The minimum atomic E-state index is -3.96. The van der Waals surface area contributed by atoms with Crippen molar-refractivity contribution >= 4 is 33.5 Å². The minimum Gasteiger partial charge on any atom is -0.452 e. The van der Waals surface area contributed by atoms with Crippen molar-refractivity contribution in [1.29, 1.82) is 0 Å². The van der Waals surface area contributed by atoms with E-state index in [0.29, 0.717) is 13.2 Å². The SMILES string of the molecule is Cc1ccccc1CN(C)C(=O)COC(=O)c1ccc(Cl)c(S(=O)(=O)NCC2CCCO2)c1. The van der Waals surface area contributed by atoms with Gasteiger partial charge in [-0.25, -0.2) is 17.9 Å². The second kappa shape index (κ2) is 11.1. The summed E-state index contributed by atoms with van der Waals surface area (Å²) < 4.78 is 38.4. The number of hydrogen-bond acceptors (Lipinski definition) is 6. The molecule has 0 radical (unpaired) electrons. The van der Waals surface area contributed by atoms with Crippen LogP contribution in [0.25, 0.3) is 0 Å². The molecule has 0 spiro atoms. The highest BCUT2D eigenvalue weighted by molar-refractivity contribution is 7.89. The summed E-state index contributed by atoms with van der Waals surface area (Å²) in [7, 11) is -2.34. The number of aryl methyl sites for hydroxylation is 1. The molecule has 33 heavy (non-hydrogen) atoms. The molecule has 1 amide bonds. The number of rotatable bonds is 9. The van der Waals surface area contributed by atoms with Gasteiger partial charge >= 0.3 is 5.97 Å². The van der Waals surface area contributed by atoms with Gasteiger partial charge in [0, 0.05) is 26.7 Å². The van der Waals surface area contributed by atoms with Crippen LogP contribution in [0.1, 0.15) is 34.3 Å². The van der Waals surface area contributed by atoms with Gasteiger partial charge in [-0.05, 0) is 49.1 Å². The van der Waals surface area contributed by atoms with Crippen molar-refractivity contribution in [2.24, 2.45) is 0 Å². The first-order valence-electron chi connectivity index (χ1n) is 10.5. The first-order chi connectivity index (χ1) is 15.7. The lowest BCUT2D eigenvalue weighted by Crippen LogP contribution is -2.32. The Balaban J connectivity index is 1.60. The van der Waals surface area contributed by atoms with E-state index in [-0.39, 0.29) is 34.0 Å². The fraction of sp³-hybridized carbons (Fsp3) is 0.391. The van der Waals surface area contributed by atoms with Crippen LogP contribution in [0.3, 0.4) is 0 Å². The molecule has 2 aromatic rings. The highest BCUT2D eigenvalue weighted by Crippen LogP contribution is 2.23. The summed E-state index contributed by atoms with van der Waals surface area (Å²) >= 11 is 6.08. The predicted molar refractivity (Wildman–Crippen MR) is 124 cm³/mol. The summed E-state index contributed by atoms with van der Waals surface area (Å²) in [6.45, 7) is 2.59. The average molecular weight is 495 g/mol. The Bertz CT molecular complexity index is 1120. The normalized spacial score (nSPS) is 15.9. The Morgan fingerprint density at radius 1 is 1.24 bits per heavy atom. The number of sulfonamides is 1. The second-order valence-electron chi connectivity index (χ2n) is 7.88. The van der Waals surface area contributed by atoms with Crippen molar-refractivity contribution in [2.75, 3.05) is 26.8 Å². The number of nitrogens with one attached hydrogen (secondary N) is 1. The van der Waals surface area contributed by atoms with Crippen molar-refractivity contribution in [3.8, 4) is 0 Å². The molecule has 1 unspecified atom stereocenters. The lowest BCUT2D eigenvalue weighted by Gasteiger charge is -2.18. The zero-order valence-electron chi connectivity index (χ0n) is 18.5. The fourth-order valence-electron chi connectivity index (χ4n) is 3.37. The van der Waals surface area contributed by atoms with Crippen LogP contribution in [0, 0.1) is 6.92 Å². The third kappa shape index (κ3) is 6.77. The maximum absolute atomic E-state index is 12.7. The van der Waals surface area contributed by atoms with Gasteiger partial charge in [-0.3, -0.25) is 4.79 Å². The molecule has 10 heteroatoms. The van der Waals surface area contributed by atoms with Crippen molar-refractivity contribution in [3.05, 3.63) is 64.2 Å². The summed E-state index contributed by atoms with van der Waals surface area (Å²) in [6.07, 6.45) is 1.47. The van der Waals surface area contributed by atoms with E-state index in [0.717, 1.165) is 30.0 Å². The molecule has 178 valence electrons. The Morgan fingerprint density at radius 2 is 2.00 bits per heavy atom. The summed E-state index contributed by atoms with van der Waals surface area (Å²) in [6, 6.07) is 11.5. The van der Waals surface area contributed by atoms with E-state index < -0.39 is 22.6 Å². The van der Waals surface area contributed by atoms with E-state index in [1.165, 1.54) is 17.0 Å². The number of hydrogen-bond donors (Lipinski definition) is 1. The Kier molecular flexibility index (Phi) is 8.47. The van der Waals surface area contributed by atoms with Gasteiger partial charge in [0.05, 0.1) is 16.7 Å². The van der Waals surface area contributed by atoms with Gasteiger partial charge in [0.15, 0.2) is 6.61 Å². The molecule has 1 aliphatic heterocycles. The van der Waals surface area contributed by atoms with Crippen molar-refractivity contribution in [2.45, 2.75) is 37.3 Å². The Morgan fingerprint density at radius 3 is 2.70 bits per heavy atom. The zero-order chi connectivity index (χ0) is 24.0. The molecule has 1 fully saturated rings. The molecule has 2 aromatic carbocycles. The molecule has 1 aliphatic rings. The number of ether oxygens (including phenoxy) is 2. The maximum atomic E-state index is 12.7. The van der Waals surface area contributed by atoms with Gasteiger partial charge in [-0.1, -0.05) is 35.9 Å². The smallest absolute Gasteiger partial charge is 0.338 e. The van der Waals surface area contributed by atoms with E-state index in [1.807, 2.05) is 31.2 Å². The van der Waals surface area contributed by atoms with E-state index in [9.17, 15) is 18.0 Å². The van der Waals surface area contributed by atoms with Crippen LogP contribution in [-0.2, 0) is 30.8 Å². The van der Waals surface area contributed by atoms with Crippen molar-refractivity contribution in [1.82, 2.24) is 9.62 Å². The lowest BCUT2D eigenvalue weighted by molar-refractivity contribution is -0.133. The number of likely N-dealkylation sites (N-methyl/N-ethyl adjacent to an activating group) is 1. The first-order valence-corrected chi connectivity index (χ1v) is 12.4. The largest absolute Gasteiger partial charge is 0.452 e. The maximum Gasteiger partial charge on any atom is 0.338 e. The molecule has 8 nitrogen and oxygen atoms in total. The Labute approximate surface area is 198 Å². The van der Waals surface area contributed by atoms with E-state index in [1.54, 1.807) is 7.05 Å². The molecule has 1 heterocycles. The van der Waals surface area contributed by atoms with Gasteiger partial charge in [0.2, 0.25) is 10.0 Å². The molecular weight excluding hydrogens is 468 g/mol. The predicted octanol–water partition coefficient (Wildman–Crippen LogP) is 2.92. The van der Waals surface area contributed by atoms with Crippen LogP contribution in [0.4, 0.5) is 0 Å². The van der Waals surface area contributed by atoms with E-state index in [4.69, 9.17) is 21.1 Å². The molecule has 1 saturated heterocycles. The topological polar surface area (TPSA) is 102 Å². The fourth-order valence-corrected chi connectivity index (χ4v) is 4.96. The van der Waals surface area contributed by atoms with Crippen LogP contribution >= 0.6 is 11.6 Å². The van der Waals surface area contributed by atoms with Crippen molar-refractivity contribution in [3.63, 3.8) is 0 Å². The van der Waals surface area contributed by atoms with Gasteiger partial charge in [-0.2, -0.15) is 0 Å². The first kappa shape index (κ1) is 25.2. The van der Waals surface area contributed by atoms with Gasteiger partial charge in [0.25, 0.3) is 5.91 Å². The van der Waals surface area contributed by atoms with Gasteiger partial charge < -0.3 is 14.4 Å². The van der Waals surface area contributed by atoms with Gasteiger partial charge in [0.1, 0.15) is 4.90 Å².